The van der Waals surface area contributed by atoms with Crippen molar-refractivity contribution < 1.29 is 28.6 Å². The molecule has 0 aliphatic carbocycles. The second-order valence-electron chi connectivity index (χ2n) is 8.82. The van der Waals surface area contributed by atoms with E-state index in [1.54, 1.807) is 0 Å². The van der Waals surface area contributed by atoms with Crippen molar-refractivity contribution in [2.45, 2.75) is 69.7 Å². The highest BCUT2D eigenvalue weighted by Crippen LogP contribution is 2.55. The monoisotopic (exact) mass is 389 g/mol. The molecule has 152 valence electrons. The van der Waals surface area contributed by atoms with E-state index in [1.807, 2.05) is 39.8 Å². The van der Waals surface area contributed by atoms with Crippen molar-refractivity contribution in [3.05, 3.63) is 23.3 Å². The average molecular weight is 389 g/mol. The van der Waals surface area contributed by atoms with Crippen LogP contribution in [0.1, 0.15) is 33.6 Å². The Morgan fingerprint density at radius 2 is 1.82 bits per heavy atom. The first-order chi connectivity index (χ1) is 13.1. The number of allylic oxidation sites excluding steroid dienone is 1. The highest BCUT2D eigenvalue weighted by molar-refractivity contribution is 6.02. The van der Waals surface area contributed by atoms with E-state index in [-0.39, 0.29) is 30.3 Å². The lowest BCUT2D eigenvalue weighted by Gasteiger charge is -2.37. The van der Waals surface area contributed by atoms with Crippen molar-refractivity contribution >= 4 is 17.5 Å². The summed E-state index contributed by atoms with van der Waals surface area (Å²) in [5, 5.41) is 0. The maximum absolute atomic E-state index is 13.2. The first kappa shape index (κ1) is 19.5. The molecular weight excluding hydrogens is 362 g/mol. The van der Waals surface area contributed by atoms with Gasteiger partial charge in [-0.15, -0.1) is 0 Å². The van der Waals surface area contributed by atoms with Gasteiger partial charge in [0.1, 0.15) is 18.3 Å². The van der Waals surface area contributed by atoms with E-state index in [4.69, 9.17) is 14.2 Å². The Morgan fingerprint density at radius 3 is 2.39 bits per heavy atom. The topological polar surface area (TPSA) is 85.4 Å². The first-order valence-electron chi connectivity index (χ1n) is 9.69. The van der Waals surface area contributed by atoms with Gasteiger partial charge in [-0.2, -0.15) is 0 Å². The number of rotatable bonds is 2. The number of ether oxygens (including phenoxy) is 3. The molecule has 7 heteroatoms. The number of epoxide rings is 1. The molecule has 0 N–H and O–H groups in total. The van der Waals surface area contributed by atoms with Gasteiger partial charge in [-0.05, 0) is 34.9 Å². The smallest absolute Gasteiger partial charge is 0.343 e. The second kappa shape index (κ2) is 6.34. The Balaban J connectivity index is 1.86. The molecule has 4 rings (SSSR count). The summed E-state index contributed by atoms with van der Waals surface area (Å²) >= 11 is 0. The molecule has 4 fully saturated rings. The highest BCUT2D eigenvalue weighted by atomic mass is 16.7. The zero-order valence-corrected chi connectivity index (χ0v) is 17.0. The van der Waals surface area contributed by atoms with E-state index in [0.717, 1.165) is 11.1 Å². The molecule has 4 aliphatic heterocycles. The molecule has 0 saturated carbocycles. The van der Waals surface area contributed by atoms with Gasteiger partial charge in [0.15, 0.2) is 11.6 Å². The molecule has 4 heterocycles. The maximum atomic E-state index is 13.2. The lowest BCUT2D eigenvalue weighted by Crippen LogP contribution is -2.54. The number of hydrogen-bond donors (Lipinski definition) is 0. The Kier molecular flexibility index (Phi) is 4.41. The molecular formula is C21H27NO6. The summed E-state index contributed by atoms with van der Waals surface area (Å²) < 4.78 is 17.9. The van der Waals surface area contributed by atoms with Gasteiger partial charge in [0.2, 0.25) is 5.60 Å². The van der Waals surface area contributed by atoms with E-state index in [9.17, 15) is 14.4 Å². The second-order valence-corrected chi connectivity index (χ2v) is 8.82. The minimum atomic E-state index is -1.18. The number of Topliss-reactive ketones (excluding diaryl/α,β-unsaturated/α-hetero) is 2. The van der Waals surface area contributed by atoms with E-state index in [0.29, 0.717) is 5.57 Å². The first-order valence-corrected chi connectivity index (χ1v) is 9.69. The predicted molar refractivity (Wildman–Crippen MR) is 99.5 cm³/mol. The number of esters is 1. The van der Waals surface area contributed by atoms with Crippen LogP contribution in [0.5, 0.6) is 0 Å². The number of hydrogen-bond acceptors (Lipinski definition) is 7. The van der Waals surface area contributed by atoms with Gasteiger partial charge < -0.3 is 14.2 Å². The summed E-state index contributed by atoms with van der Waals surface area (Å²) in [5.74, 6) is -1.04. The van der Waals surface area contributed by atoms with Crippen LogP contribution >= 0.6 is 0 Å². The average Bonchev–Trinajstić information content (AvgIpc) is 3.24. The van der Waals surface area contributed by atoms with E-state index < -0.39 is 42.0 Å². The van der Waals surface area contributed by atoms with Crippen molar-refractivity contribution in [1.29, 1.82) is 0 Å². The molecule has 0 aromatic carbocycles. The van der Waals surface area contributed by atoms with Crippen LogP contribution in [-0.4, -0.2) is 72.6 Å². The lowest BCUT2D eigenvalue weighted by atomic mass is 9.77. The van der Waals surface area contributed by atoms with Gasteiger partial charge in [0.05, 0.1) is 12.1 Å². The summed E-state index contributed by atoms with van der Waals surface area (Å²) in [6, 6.07) is -0.442. The van der Waals surface area contributed by atoms with Gasteiger partial charge in [-0.25, -0.2) is 4.79 Å². The van der Waals surface area contributed by atoms with Gasteiger partial charge >= 0.3 is 5.97 Å². The molecule has 4 saturated heterocycles. The third-order valence-corrected chi connectivity index (χ3v) is 6.45. The van der Waals surface area contributed by atoms with E-state index in [1.165, 1.54) is 0 Å². The minimum Gasteiger partial charge on any atom is -0.453 e. The maximum Gasteiger partial charge on any atom is 0.343 e. The molecule has 0 amide bonds. The van der Waals surface area contributed by atoms with Gasteiger partial charge in [0, 0.05) is 24.3 Å². The molecule has 0 aromatic heterocycles. The Labute approximate surface area is 164 Å². The molecule has 0 radical (unpaired) electrons. The third kappa shape index (κ3) is 2.56. The molecule has 0 unspecified atom stereocenters. The largest absolute Gasteiger partial charge is 0.453 e. The number of fused-ring (bicyclic) bond motifs is 4. The van der Waals surface area contributed by atoms with Crippen LogP contribution in [0, 0.1) is 5.92 Å². The summed E-state index contributed by atoms with van der Waals surface area (Å²) in [6.07, 6.45) is -2.39. The van der Waals surface area contributed by atoms with Crippen molar-refractivity contribution in [2.24, 2.45) is 5.92 Å². The number of carbonyl (C=O) groups is 3. The minimum absolute atomic E-state index is 0.0489. The summed E-state index contributed by atoms with van der Waals surface area (Å²) in [4.78, 5) is 40.7. The Hall–Kier alpha value is -1.83. The van der Waals surface area contributed by atoms with Crippen LogP contribution in [0.3, 0.4) is 0 Å². The fourth-order valence-corrected chi connectivity index (χ4v) is 5.10. The number of likely N-dealkylation sites (N-methyl/N-ethyl adjacent to an activating group) is 1. The fourth-order valence-electron chi connectivity index (χ4n) is 5.10. The van der Waals surface area contributed by atoms with Gasteiger partial charge in [-0.3, -0.25) is 14.5 Å². The molecule has 7 nitrogen and oxygen atoms in total. The van der Waals surface area contributed by atoms with Crippen molar-refractivity contribution in [1.82, 2.24) is 4.90 Å². The van der Waals surface area contributed by atoms with Crippen molar-refractivity contribution in [2.75, 3.05) is 14.1 Å². The van der Waals surface area contributed by atoms with Crippen LogP contribution in [0.15, 0.2) is 23.3 Å². The van der Waals surface area contributed by atoms with Crippen molar-refractivity contribution in [3.63, 3.8) is 0 Å². The molecule has 4 aliphatic rings. The SMILES string of the molecule is C=C(C)[C@H]1CC(=O)[C@H]2CC(=O)C(=C(C)C)[C@@H]3OC(=O)[C@@]4(O[C@H]4[C@H]1O2)[C@H]3N(C)C. The molecule has 4 bridgehead atoms. The number of carbonyl (C=O) groups excluding carboxylic acids is 3. The van der Waals surface area contributed by atoms with Crippen LogP contribution in [0.2, 0.25) is 0 Å². The van der Waals surface area contributed by atoms with Crippen LogP contribution in [0.4, 0.5) is 0 Å². The number of ketones is 2. The zero-order chi connectivity index (χ0) is 20.5. The normalized spacial score (nSPS) is 42.2. The Morgan fingerprint density at radius 1 is 1.14 bits per heavy atom. The van der Waals surface area contributed by atoms with Crippen molar-refractivity contribution in [3.8, 4) is 0 Å². The zero-order valence-electron chi connectivity index (χ0n) is 17.0. The third-order valence-electron chi connectivity index (χ3n) is 6.45. The van der Waals surface area contributed by atoms with Crippen LogP contribution < -0.4 is 0 Å². The van der Waals surface area contributed by atoms with Crippen LogP contribution in [-0.2, 0) is 28.6 Å². The lowest BCUT2D eigenvalue weighted by molar-refractivity contribution is -0.152. The number of nitrogens with zero attached hydrogens (tertiary/aromatic N) is 1. The van der Waals surface area contributed by atoms with Gasteiger partial charge in [-0.1, -0.05) is 17.7 Å². The molecule has 7 atom stereocenters. The van der Waals surface area contributed by atoms with Crippen LogP contribution in [0.25, 0.3) is 0 Å². The summed E-state index contributed by atoms with van der Waals surface area (Å²) in [7, 11) is 3.70. The quantitative estimate of drug-likeness (QED) is 0.304. The van der Waals surface area contributed by atoms with E-state index in [2.05, 4.69) is 6.58 Å². The molecule has 28 heavy (non-hydrogen) atoms. The standard InChI is InChI=1S/C21H27NO6/c1-9(2)11-7-12(23)14-8-13(24)15(10(3)4)17-18(22(5)6)21(20(25)27-17)19(28-21)16(11)26-14/h11,14,16-19H,1,7-8H2,2-6H3/t11-,14-,16+,17+,18+,19+,21-/m1/s1. The van der Waals surface area contributed by atoms with Gasteiger partial charge in [0.25, 0.3) is 0 Å². The summed E-state index contributed by atoms with van der Waals surface area (Å²) in [6.45, 7) is 9.49. The van der Waals surface area contributed by atoms with E-state index >= 15 is 0 Å². The summed E-state index contributed by atoms with van der Waals surface area (Å²) in [5.41, 5.74) is 0.828. The highest BCUT2D eigenvalue weighted by Gasteiger charge is 2.78. The fraction of sp³-hybridized carbons (Fsp3) is 0.667. The Bertz CT molecular complexity index is 810. The predicted octanol–water partition coefficient (Wildman–Crippen LogP) is 1.21. The molecule has 1 spiro atoms. The molecule has 0 aromatic rings.